The van der Waals surface area contributed by atoms with Crippen LogP contribution in [0.4, 0.5) is 15.8 Å². The highest BCUT2D eigenvalue weighted by molar-refractivity contribution is 5.93. The number of aromatic nitrogens is 2. The Bertz CT molecular complexity index is 810. The summed E-state index contributed by atoms with van der Waals surface area (Å²) in [5, 5.41) is 2.41. The van der Waals surface area contributed by atoms with Gasteiger partial charge in [-0.05, 0) is 25.1 Å². The van der Waals surface area contributed by atoms with Gasteiger partial charge in [0.2, 0.25) is 5.91 Å². The molecule has 0 aliphatic heterocycles. The summed E-state index contributed by atoms with van der Waals surface area (Å²) in [4.78, 5) is 36.7. The Morgan fingerprint density at radius 3 is 2.86 bits per heavy atom. The van der Waals surface area contributed by atoms with E-state index in [1.165, 1.54) is 25.3 Å². The highest BCUT2D eigenvalue weighted by atomic mass is 19.1. The first-order valence-electron chi connectivity index (χ1n) is 6.02. The lowest BCUT2D eigenvalue weighted by atomic mass is 10.2. The van der Waals surface area contributed by atoms with Gasteiger partial charge in [-0.15, -0.1) is 0 Å². The Balaban J connectivity index is 2.19. The van der Waals surface area contributed by atoms with Crippen molar-refractivity contribution in [2.45, 2.75) is 13.5 Å². The molecular formula is C13H13FN4O3. The van der Waals surface area contributed by atoms with Gasteiger partial charge in [0.15, 0.2) is 0 Å². The third-order valence-corrected chi connectivity index (χ3v) is 2.79. The summed E-state index contributed by atoms with van der Waals surface area (Å²) < 4.78 is 14.1. The van der Waals surface area contributed by atoms with Crippen LogP contribution in [0.15, 0.2) is 34.0 Å². The maximum atomic E-state index is 13.1. The summed E-state index contributed by atoms with van der Waals surface area (Å²) >= 11 is 0. The lowest BCUT2D eigenvalue weighted by Gasteiger charge is -2.09. The summed E-state index contributed by atoms with van der Waals surface area (Å²) in [6, 6.07) is 3.57. The summed E-state index contributed by atoms with van der Waals surface area (Å²) in [7, 11) is 0. The number of nitrogens with two attached hydrogens (primary N) is 1. The van der Waals surface area contributed by atoms with Crippen LogP contribution in [-0.2, 0) is 11.3 Å². The SMILES string of the molecule is Cc1cn(CC(=O)Nc2cc(F)ccc2N)c(=O)[nH]c1=O. The van der Waals surface area contributed by atoms with Crippen molar-refractivity contribution in [3.05, 3.63) is 56.6 Å². The molecule has 4 N–H and O–H groups in total. The number of nitrogens with one attached hydrogen (secondary N) is 2. The average molecular weight is 292 g/mol. The van der Waals surface area contributed by atoms with Crippen LogP contribution in [0.1, 0.15) is 5.56 Å². The van der Waals surface area contributed by atoms with Gasteiger partial charge in [-0.2, -0.15) is 0 Å². The Kier molecular flexibility index (Phi) is 3.88. The van der Waals surface area contributed by atoms with E-state index in [1.54, 1.807) is 0 Å². The number of nitrogens with zero attached hydrogens (tertiary/aromatic N) is 1. The fourth-order valence-electron chi connectivity index (χ4n) is 1.72. The smallest absolute Gasteiger partial charge is 0.328 e. The number of anilines is 2. The largest absolute Gasteiger partial charge is 0.397 e. The Labute approximate surface area is 118 Å². The van der Waals surface area contributed by atoms with Crippen LogP contribution in [0.3, 0.4) is 0 Å². The molecule has 0 radical (unpaired) electrons. The molecule has 7 nitrogen and oxygen atoms in total. The fourth-order valence-corrected chi connectivity index (χ4v) is 1.72. The number of nitrogen functional groups attached to an aromatic ring is 1. The predicted octanol–water partition coefficient (Wildman–Crippen LogP) is 0.205. The van der Waals surface area contributed by atoms with Crippen molar-refractivity contribution >= 4 is 17.3 Å². The number of aryl methyl sites for hydroxylation is 1. The summed E-state index contributed by atoms with van der Waals surface area (Å²) in [5.74, 6) is -1.11. The minimum absolute atomic E-state index is 0.120. The van der Waals surface area contributed by atoms with Gasteiger partial charge < -0.3 is 11.1 Å². The van der Waals surface area contributed by atoms with Gasteiger partial charge in [0.05, 0.1) is 11.4 Å². The molecule has 1 heterocycles. The quantitative estimate of drug-likeness (QED) is 0.702. The van der Waals surface area contributed by atoms with Gasteiger partial charge in [-0.1, -0.05) is 0 Å². The number of amides is 1. The molecule has 0 unspecified atom stereocenters. The molecule has 0 bridgehead atoms. The van der Waals surface area contributed by atoms with E-state index in [2.05, 4.69) is 10.3 Å². The second-order valence-corrected chi connectivity index (χ2v) is 4.48. The van der Waals surface area contributed by atoms with Crippen LogP contribution in [0.25, 0.3) is 0 Å². The lowest BCUT2D eigenvalue weighted by molar-refractivity contribution is -0.116. The number of carbonyl (C=O) groups excluding carboxylic acids is 1. The van der Waals surface area contributed by atoms with E-state index in [0.29, 0.717) is 5.56 Å². The molecule has 0 aliphatic rings. The van der Waals surface area contributed by atoms with E-state index >= 15 is 0 Å². The standard InChI is InChI=1S/C13H13FN4O3/c1-7-5-18(13(21)17-12(7)20)6-11(19)16-10-4-8(14)2-3-9(10)15/h2-5H,6,15H2,1H3,(H,16,19)(H,17,20,21). The van der Waals surface area contributed by atoms with E-state index < -0.39 is 23.0 Å². The monoisotopic (exact) mass is 292 g/mol. The van der Waals surface area contributed by atoms with E-state index in [1.807, 2.05) is 0 Å². The molecular weight excluding hydrogens is 279 g/mol. The summed E-state index contributed by atoms with van der Waals surface area (Å²) in [6.07, 6.45) is 1.27. The van der Waals surface area contributed by atoms with Crippen LogP contribution in [0.5, 0.6) is 0 Å². The third-order valence-electron chi connectivity index (χ3n) is 2.79. The topological polar surface area (TPSA) is 110 Å². The number of rotatable bonds is 3. The molecule has 0 atom stereocenters. The molecule has 21 heavy (non-hydrogen) atoms. The molecule has 2 rings (SSSR count). The number of H-pyrrole nitrogens is 1. The molecule has 8 heteroatoms. The van der Waals surface area contributed by atoms with Crippen LogP contribution >= 0.6 is 0 Å². The van der Waals surface area contributed by atoms with Gasteiger partial charge in [-0.3, -0.25) is 19.1 Å². The summed E-state index contributed by atoms with van der Waals surface area (Å²) in [6.45, 7) is 1.18. The van der Waals surface area contributed by atoms with Crippen LogP contribution in [0.2, 0.25) is 0 Å². The molecule has 0 saturated heterocycles. The van der Waals surface area contributed by atoms with Crippen molar-refractivity contribution in [1.29, 1.82) is 0 Å². The van der Waals surface area contributed by atoms with Crippen molar-refractivity contribution < 1.29 is 9.18 Å². The van der Waals surface area contributed by atoms with Crippen molar-refractivity contribution in [3.8, 4) is 0 Å². The number of hydrogen-bond acceptors (Lipinski definition) is 4. The zero-order valence-electron chi connectivity index (χ0n) is 11.1. The average Bonchev–Trinajstić information content (AvgIpc) is 2.40. The first-order chi connectivity index (χ1) is 9.86. The van der Waals surface area contributed by atoms with Crippen LogP contribution < -0.4 is 22.3 Å². The molecule has 0 spiro atoms. The lowest BCUT2D eigenvalue weighted by Crippen LogP contribution is -2.34. The highest BCUT2D eigenvalue weighted by Gasteiger charge is 2.09. The van der Waals surface area contributed by atoms with Gasteiger partial charge >= 0.3 is 5.69 Å². The van der Waals surface area contributed by atoms with E-state index in [0.717, 1.165) is 10.6 Å². The maximum Gasteiger partial charge on any atom is 0.328 e. The van der Waals surface area contributed by atoms with Gasteiger partial charge in [0.1, 0.15) is 12.4 Å². The maximum absolute atomic E-state index is 13.1. The van der Waals surface area contributed by atoms with Gasteiger partial charge in [0, 0.05) is 11.8 Å². The van der Waals surface area contributed by atoms with E-state index in [4.69, 9.17) is 5.73 Å². The molecule has 1 aromatic heterocycles. The first-order valence-corrected chi connectivity index (χ1v) is 6.02. The molecule has 110 valence electrons. The third kappa shape index (κ3) is 3.35. The van der Waals surface area contributed by atoms with E-state index in [9.17, 15) is 18.8 Å². The minimum atomic E-state index is -0.701. The number of halogens is 1. The minimum Gasteiger partial charge on any atom is -0.397 e. The Hall–Kier alpha value is -2.90. The number of carbonyl (C=O) groups is 1. The van der Waals surface area contributed by atoms with Crippen molar-refractivity contribution in [1.82, 2.24) is 9.55 Å². The summed E-state index contributed by atoms with van der Waals surface area (Å²) in [5.41, 5.74) is 5.02. The normalized spacial score (nSPS) is 10.4. The second kappa shape index (κ2) is 5.61. The Morgan fingerprint density at radius 1 is 1.43 bits per heavy atom. The molecule has 0 fully saturated rings. The molecule has 1 amide bonds. The second-order valence-electron chi connectivity index (χ2n) is 4.48. The van der Waals surface area contributed by atoms with Gasteiger partial charge in [0.25, 0.3) is 5.56 Å². The number of aromatic amines is 1. The van der Waals surface area contributed by atoms with Gasteiger partial charge in [-0.25, -0.2) is 9.18 Å². The van der Waals surface area contributed by atoms with Crippen molar-refractivity contribution in [2.75, 3.05) is 11.1 Å². The van der Waals surface area contributed by atoms with Crippen molar-refractivity contribution in [3.63, 3.8) is 0 Å². The zero-order valence-corrected chi connectivity index (χ0v) is 11.1. The first kappa shape index (κ1) is 14.5. The zero-order chi connectivity index (χ0) is 15.6. The van der Waals surface area contributed by atoms with Crippen LogP contribution in [-0.4, -0.2) is 15.5 Å². The van der Waals surface area contributed by atoms with Crippen LogP contribution in [0, 0.1) is 12.7 Å². The number of benzene rings is 1. The van der Waals surface area contributed by atoms with E-state index in [-0.39, 0.29) is 17.9 Å². The fraction of sp³-hybridized carbons (Fsp3) is 0.154. The molecule has 2 aromatic rings. The highest BCUT2D eigenvalue weighted by Crippen LogP contribution is 2.18. The number of hydrogen-bond donors (Lipinski definition) is 3. The molecule has 1 aromatic carbocycles. The van der Waals surface area contributed by atoms with Crippen molar-refractivity contribution in [2.24, 2.45) is 0 Å². The molecule has 0 saturated carbocycles. The predicted molar refractivity (Wildman–Crippen MR) is 75.5 cm³/mol. The molecule has 0 aliphatic carbocycles. The Morgan fingerprint density at radius 2 is 2.14 bits per heavy atom.